The topological polar surface area (TPSA) is 37.8 Å². The van der Waals surface area contributed by atoms with Crippen molar-refractivity contribution in [2.24, 2.45) is 0 Å². The fourth-order valence-corrected chi connectivity index (χ4v) is 2.20. The largest absolute Gasteiger partial charge is 0.337 e. The smallest absolute Gasteiger partial charge is 0.146 e. The number of hydrogen-bond acceptors (Lipinski definition) is 3. The number of aryl methyl sites for hydroxylation is 2. The molecule has 2 aromatic rings. The molecular weight excluding hydrogens is 309 g/mol. The lowest BCUT2D eigenvalue weighted by Crippen LogP contribution is -2.03. The number of benzene rings is 1. The summed E-state index contributed by atoms with van der Waals surface area (Å²) in [4.78, 5) is 8.66. The maximum absolute atomic E-state index is 13.8. The van der Waals surface area contributed by atoms with Crippen LogP contribution in [0.2, 0.25) is 0 Å². The van der Waals surface area contributed by atoms with E-state index in [9.17, 15) is 4.39 Å². The molecule has 0 fully saturated rings. The summed E-state index contributed by atoms with van der Waals surface area (Å²) in [6, 6.07) is 6.71. The molecule has 19 heavy (non-hydrogen) atoms. The summed E-state index contributed by atoms with van der Waals surface area (Å²) in [5.74, 6) is 1.05. The third kappa shape index (κ3) is 3.50. The first-order valence-electron chi connectivity index (χ1n) is 6.15. The molecule has 2 rings (SSSR count). The third-order valence-corrected chi connectivity index (χ3v) is 3.10. The number of hydrogen-bond donors (Lipinski definition) is 1. The summed E-state index contributed by atoms with van der Waals surface area (Å²) < 4.78 is 14.5. The average molecular weight is 324 g/mol. The van der Waals surface area contributed by atoms with E-state index in [1.807, 2.05) is 13.0 Å². The van der Waals surface area contributed by atoms with Gasteiger partial charge in [-0.2, -0.15) is 0 Å². The van der Waals surface area contributed by atoms with Gasteiger partial charge in [-0.3, -0.25) is 0 Å². The monoisotopic (exact) mass is 323 g/mol. The van der Waals surface area contributed by atoms with Crippen LogP contribution >= 0.6 is 15.9 Å². The molecule has 1 aromatic heterocycles. The Bertz CT molecular complexity index is 567. The zero-order valence-corrected chi connectivity index (χ0v) is 12.5. The summed E-state index contributed by atoms with van der Waals surface area (Å²) in [5, 5.41) is 3.02. The van der Waals surface area contributed by atoms with Crippen molar-refractivity contribution < 1.29 is 4.39 Å². The summed E-state index contributed by atoms with van der Waals surface area (Å²) in [6.45, 7) is 3.92. The molecule has 3 nitrogen and oxygen atoms in total. The highest BCUT2D eigenvalue weighted by atomic mass is 79.9. The van der Waals surface area contributed by atoms with E-state index >= 15 is 0 Å². The molecule has 5 heteroatoms. The normalized spacial score (nSPS) is 10.5. The van der Waals surface area contributed by atoms with Gasteiger partial charge < -0.3 is 5.32 Å². The predicted octanol–water partition coefficient (Wildman–Crippen LogP) is 4.38. The Morgan fingerprint density at radius 3 is 2.79 bits per heavy atom. The first-order chi connectivity index (χ1) is 9.10. The molecule has 1 aromatic carbocycles. The van der Waals surface area contributed by atoms with Gasteiger partial charge in [-0.05, 0) is 40.9 Å². The number of rotatable bonds is 4. The Morgan fingerprint density at radius 1 is 1.32 bits per heavy atom. The molecule has 0 bridgehead atoms. The fraction of sp³-hybridized carbons (Fsp3) is 0.286. The first-order valence-corrected chi connectivity index (χ1v) is 6.95. The Kier molecular flexibility index (Phi) is 4.47. The van der Waals surface area contributed by atoms with Crippen LogP contribution in [0.3, 0.4) is 0 Å². The van der Waals surface area contributed by atoms with Gasteiger partial charge in [0.15, 0.2) is 0 Å². The standard InChI is InChI=1S/C14H15BrFN3/c1-3-5-12-17-11(15)8-13(18-12)19-14-9(2)6-4-7-10(14)16/h4,6-8H,3,5H2,1-2H3,(H,17,18,19). The van der Waals surface area contributed by atoms with E-state index in [2.05, 4.69) is 38.1 Å². The number of nitrogens with zero attached hydrogens (tertiary/aromatic N) is 2. The summed E-state index contributed by atoms with van der Waals surface area (Å²) in [6.07, 6.45) is 1.76. The molecule has 1 heterocycles. The van der Waals surface area contributed by atoms with Crippen LogP contribution in [0.15, 0.2) is 28.9 Å². The van der Waals surface area contributed by atoms with Crippen molar-refractivity contribution >= 4 is 27.4 Å². The Hall–Kier alpha value is -1.49. The highest BCUT2D eigenvalue weighted by Crippen LogP contribution is 2.24. The van der Waals surface area contributed by atoms with Crippen molar-refractivity contribution in [2.45, 2.75) is 26.7 Å². The van der Waals surface area contributed by atoms with Crippen LogP contribution in [-0.2, 0) is 6.42 Å². The number of halogens is 2. The van der Waals surface area contributed by atoms with E-state index in [0.29, 0.717) is 16.1 Å². The van der Waals surface area contributed by atoms with Gasteiger partial charge in [0.25, 0.3) is 0 Å². The highest BCUT2D eigenvalue weighted by Gasteiger charge is 2.08. The van der Waals surface area contributed by atoms with Gasteiger partial charge in [-0.25, -0.2) is 14.4 Å². The second-order valence-corrected chi connectivity index (χ2v) is 5.11. The lowest BCUT2D eigenvalue weighted by atomic mass is 10.2. The summed E-state index contributed by atoms with van der Waals surface area (Å²) >= 11 is 3.35. The Balaban J connectivity index is 2.33. The van der Waals surface area contributed by atoms with E-state index in [0.717, 1.165) is 24.2 Å². The van der Waals surface area contributed by atoms with Gasteiger partial charge in [-0.1, -0.05) is 19.1 Å². The molecule has 0 amide bonds. The third-order valence-electron chi connectivity index (χ3n) is 2.69. The summed E-state index contributed by atoms with van der Waals surface area (Å²) in [7, 11) is 0. The molecule has 0 atom stereocenters. The van der Waals surface area contributed by atoms with Gasteiger partial charge in [0, 0.05) is 12.5 Å². The Labute approximate surface area is 120 Å². The van der Waals surface area contributed by atoms with E-state index in [4.69, 9.17) is 0 Å². The van der Waals surface area contributed by atoms with Gasteiger partial charge in [0.1, 0.15) is 22.1 Å². The van der Waals surface area contributed by atoms with Crippen LogP contribution in [0.1, 0.15) is 24.7 Å². The van der Waals surface area contributed by atoms with Crippen molar-refractivity contribution in [2.75, 3.05) is 5.32 Å². The zero-order chi connectivity index (χ0) is 13.8. The van der Waals surface area contributed by atoms with Crippen molar-refractivity contribution in [1.82, 2.24) is 9.97 Å². The molecule has 100 valence electrons. The minimum Gasteiger partial charge on any atom is -0.337 e. The minimum atomic E-state index is -0.285. The lowest BCUT2D eigenvalue weighted by molar-refractivity contribution is 0.630. The van der Waals surface area contributed by atoms with Gasteiger partial charge in [0.05, 0.1) is 5.69 Å². The van der Waals surface area contributed by atoms with Gasteiger partial charge >= 0.3 is 0 Å². The van der Waals surface area contributed by atoms with Crippen molar-refractivity contribution in [1.29, 1.82) is 0 Å². The van der Waals surface area contributed by atoms with Crippen LogP contribution in [0.4, 0.5) is 15.9 Å². The molecule has 0 radical (unpaired) electrons. The van der Waals surface area contributed by atoms with Crippen molar-refractivity contribution in [3.8, 4) is 0 Å². The van der Waals surface area contributed by atoms with Crippen molar-refractivity contribution in [3.63, 3.8) is 0 Å². The molecular formula is C14H15BrFN3. The van der Waals surface area contributed by atoms with Crippen LogP contribution in [0.5, 0.6) is 0 Å². The van der Waals surface area contributed by atoms with E-state index in [-0.39, 0.29) is 5.82 Å². The summed E-state index contributed by atoms with van der Waals surface area (Å²) in [5.41, 5.74) is 1.29. The Morgan fingerprint density at radius 2 is 2.11 bits per heavy atom. The van der Waals surface area contributed by atoms with Crippen LogP contribution in [0.25, 0.3) is 0 Å². The molecule has 0 spiro atoms. The molecule has 0 aliphatic carbocycles. The quantitative estimate of drug-likeness (QED) is 0.848. The second kappa shape index (κ2) is 6.10. The molecule has 0 aliphatic rings. The number of anilines is 2. The second-order valence-electron chi connectivity index (χ2n) is 4.30. The predicted molar refractivity (Wildman–Crippen MR) is 78.1 cm³/mol. The number of aromatic nitrogens is 2. The molecule has 0 unspecified atom stereocenters. The van der Waals surface area contributed by atoms with Gasteiger partial charge in [0.2, 0.25) is 0 Å². The molecule has 0 saturated heterocycles. The van der Waals surface area contributed by atoms with Crippen LogP contribution in [-0.4, -0.2) is 9.97 Å². The van der Waals surface area contributed by atoms with Crippen LogP contribution < -0.4 is 5.32 Å². The van der Waals surface area contributed by atoms with Crippen LogP contribution in [0, 0.1) is 12.7 Å². The van der Waals surface area contributed by atoms with Gasteiger partial charge in [-0.15, -0.1) is 0 Å². The highest BCUT2D eigenvalue weighted by molar-refractivity contribution is 9.10. The van der Waals surface area contributed by atoms with Crippen molar-refractivity contribution in [3.05, 3.63) is 46.1 Å². The number of para-hydroxylation sites is 1. The van der Waals surface area contributed by atoms with E-state index < -0.39 is 0 Å². The fourth-order valence-electron chi connectivity index (χ4n) is 1.78. The molecule has 0 saturated carbocycles. The molecule has 0 aliphatic heterocycles. The first kappa shape index (κ1) is 13.9. The maximum Gasteiger partial charge on any atom is 0.146 e. The SMILES string of the molecule is CCCc1nc(Br)cc(Nc2c(C)cccc2F)n1. The number of nitrogens with one attached hydrogen (secondary N) is 1. The average Bonchev–Trinajstić information content (AvgIpc) is 2.34. The molecule has 1 N–H and O–H groups in total. The van der Waals surface area contributed by atoms with E-state index in [1.165, 1.54) is 6.07 Å². The maximum atomic E-state index is 13.8. The minimum absolute atomic E-state index is 0.285. The van der Waals surface area contributed by atoms with E-state index in [1.54, 1.807) is 12.1 Å². The zero-order valence-electron chi connectivity index (χ0n) is 10.9. The lowest BCUT2D eigenvalue weighted by Gasteiger charge is -2.11.